The number of piperidine rings is 1. The number of aromatic nitrogens is 2. The van der Waals surface area contributed by atoms with Crippen molar-refractivity contribution < 1.29 is 4.39 Å². The van der Waals surface area contributed by atoms with Crippen LogP contribution >= 0.6 is 0 Å². The Morgan fingerprint density at radius 1 is 1.16 bits per heavy atom. The van der Waals surface area contributed by atoms with E-state index in [1.54, 1.807) is 24.5 Å². The zero-order valence-electron chi connectivity index (χ0n) is 10.6. The summed E-state index contributed by atoms with van der Waals surface area (Å²) in [5.41, 5.74) is 1.28. The maximum atomic E-state index is 13.7. The Balaban J connectivity index is 1.84. The van der Waals surface area contributed by atoms with E-state index in [-0.39, 0.29) is 5.82 Å². The van der Waals surface area contributed by atoms with E-state index in [9.17, 15) is 4.39 Å². The Hall–Kier alpha value is -1.81. The van der Waals surface area contributed by atoms with E-state index >= 15 is 0 Å². The van der Waals surface area contributed by atoms with Crippen molar-refractivity contribution in [1.82, 2.24) is 15.3 Å². The topological polar surface area (TPSA) is 37.8 Å². The predicted molar refractivity (Wildman–Crippen MR) is 72.3 cm³/mol. The highest BCUT2D eigenvalue weighted by Crippen LogP contribution is 2.24. The van der Waals surface area contributed by atoms with Crippen LogP contribution in [0.3, 0.4) is 0 Å². The third-order valence-corrected chi connectivity index (χ3v) is 3.52. The largest absolute Gasteiger partial charge is 0.316 e. The van der Waals surface area contributed by atoms with E-state index in [0.29, 0.717) is 11.5 Å². The van der Waals surface area contributed by atoms with Gasteiger partial charge in [0.15, 0.2) is 0 Å². The van der Waals surface area contributed by atoms with Crippen LogP contribution in [0.2, 0.25) is 0 Å². The minimum atomic E-state index is -0.238. The molecular weight excluding hydrogens is 241 g/mol. The number of nitrogens with zero attached hydrogens (tertiary/aromatic N) is 2. The van der Waals surface area contributed by atoms with Crippen LogP contribution in [0.25, 0.3) is 11.1 Å². The van der Waals surface area contributed by atoms with Gasteiger partial charge in [0, 0.05) is 36.0 Å². The van der Waals surface area contributed by atoms with Gasteiger partial charge in [0.05, 0.1) is 0 Å². The summed E-state index contributed by atoms with van der Waals surface area (Å²) in [5.74, 6) is 0.994. The zero-order chi connectivity index (χ0) is 13.1. The van der Waals surface area contributed by atoms with Crippen molar-refractivity contribution in [2.75, 3.05) is 13.1 Å². The highest BCUT2D eigenvalue weighted by atomic mass is 19.1. The molecule has 3 rings (SSSR count). The van der Waals surface area contributed by atoms with E-state index in [4.69, 9.17) is 0 Å². The quantitative estimate of drug-likeness (QED) is 0.899. The SMILES string of the molecule is Fc1ccccc1-c1cnc(C2CCCNC2)nc1. The fraction of sp³-hybridized carbons (Fsp3) is 0.333. The van der Waals surface area contributed by atoms with Crippen LogP contribution in [0, 0.1) is 5.82 Å². The lowest BCUT2D eigenvalue weighted by atomic mass is 9.98. The van der Waals surface area contributed by atoms with Crippen LogP contribution in [-0.4, -0.2) is 23.1 Å². The van der Waals surface area contributed by atoms with Gasteiger partial charge < -0.3 is 5.32 Å². The lowest BCUT2D eigenvalue weighted by molar-refractivity contribution is 0.446. The van der Waals surface area contributed by atoms with Gasteiger partial charge in [-0.05, 0) is 25.5 Å². The Bertz CT molecular complexity index is 548. The molecule has 3 nitrogen and oxygen atoms in total. The van der Waals surface area contributed by atoms with Gasteiger partial charge in [-0.25, -0.2) is 14.4 Å². The first-order valence-corrected chi connectivity index (χ1v) is 6.62. The molecule has 1 atom stereocenters. The minimum absolute atomic E-state index is 0.238. The van der Waals surface area contributed by atoms with Gasteiger partial charge in [-0.2, -0.15) is 0 Å². The molecule has 1 unspecified atom stereocenters. The lowest BCUT2D eigenvalue weighted by Crippen LogP contribution is -2.29. The van der Waals surface area contributed by atoms with Crippen LogP contribution < -0.4 is 5.32 Å². The van der Waals surface area contributed by atoms with Crippen molar-refractivity contribution >= 4 is 0 Å². The van der Waals surface area contributed by atoms with Crippen molar-refractivity contribution in [3.63, 3.8) is 0 Å². The molecule has 98 valence electrons. The number of rotatable bonds is 2. The highest BCUT2D eigenvalue weighted by Gasteiger charge is 2.17. The molecule has 19 heavy (non-hydrogen) atoms. The molecule has 1 aromatic heterocycles. The molecule has 0 bridgehead atoms. The van der Waals surface area contributed by atoms with E-state index in [2.05, 4.69) is 15.3 Å². The van der Waals surface area contributed by atoms with Gasteiger partial charge in [-0.3, -0.25) is 0 Å². The third kappa shape index (κ3) is 2.63. The molecule has 4 heteroatoms. The number of halogens is 1. The molecule has 0 saturated carbocycles. The first kappa shape index (κ1) is 12.2. The van der Waals surface area contributed by atoms with Gasteiger partial charge in [0.1, 0.15) is 11.6 Å². The summed E-state index contributed by atoms with van der Waals surface area (Å²) in [4.78, 5) is 8.80. The summed E-state index contributed by atoms with van der Waals surface area (Å²) >= 11 is 0. The van der Waals surface area contributed by atoms with Crippen LogP contribution in [0.15, 0.2) is 36.7 Å². The van der Waals surface area contributed by atoms with Crippen LogP contribution in [-0.2, 0) is 0 Å². The number of nitrogens with one attached hydrogen (secondary N) is 1. The Morgan fingerprint density at radius 3 is 2.63 bits per heavy atom. The summed E-state index contributed by atoms with van der Waals surface area (Å²) in [6, 6.07) is 6.70. The standard InChI is InChI=1S/C15H16FN3/c16-14-6-2-1-5-13(14)12-9-18-15(19-10-12)11-4-3-7-17-8-11/h1-2,5-6,9-11,17H,3-4,7-8H2. The lowest BCUT2D eigenvalue weighted by Gasteiger charge is -2.21. The third-order valence-electron chi connectivity index (χ3n) is 3.52. The Kier molecular flexibility index (Phi) is 3.51. The van der Waals surface area contributed by atoms with Crippen molar-refractivity contribution in [3.05, 3.63) is 48.3 Å². The molecule has 1 aromatic carbocycles. The molecule has 0 amide bonds. The van der Waals surface area contributed by atoms with E-state index in [0.717, 1.165) is 37.3 Å². The van der Waals surface area contributed by atoms with Crippen LogP contribution in [0.1, 0.15) is 24.6 Å². The molecule has 2 heterocycles. The Labute approximate surface area is 111 Å². The summed E-state index contributed by atoms with van der Waals surface area (Å²) in [5, 5.41) is 3.35. The first-order valence-electron chi connectivity index (χ1n) is 6.62. The fourth-order valence-electron chi connectivity index (χ4n) is 2.46. The summed E-state index contributed by atoms with van der Waals surface area (Å²) in [7, 11) is 0. The number of benzene rings is 1. The van der Waals surface area contributed by atoms with Crippen LogP contribution in [0.4, 0.5) is 4.39 Å². The molecule has 1 aliphatic heterocycles. The molecule has 1 aliphatic rings. The Morgan fingerprint density at radius 2 is 1.95 bits per heavy atom. The monoisotopic (exact) mass is 257 g/mol. The van der Waals surface area contributed by atoms with Gasteiger partial charge in [-0.15, -0.1) is 0 Å². The molecule has 1 fully saturated rings. The summed E-state index contributed by atoms with van der Waals surface area (Å²) in [6.45, 7) is 2.00. The van der Waals surface area contributed by atoms with E-state index in [1.807, 2.05) is 6.07 Å². The summed E-state index contributed by atoms with van der Waals surface area (Å²) < 4.78 is 13.7. The van der Waals surface area contributed by atoms with Gasteiger partial charge in [-0.1, -0.05) is 18.2 Å². The second kappa shape index (κ2) is 5.45. The van der Waals surface area contributed by atoms with Crippen molar-refractivity contribution in [2.45, 2.75) is 18.8 Å². The van der Waals surface area contributed by atoms with E-state index < -0.39 is 0 Å². The average Bonchev–Trinajstić information content (AvgIpc) is 2.49. The summed E-state index contributed by atoms with van der Waals surface area (Å²) in [6.07, 6.45) is 5.71. The minimum Gasteiger partial charge on any atom is -0.316 e. The molecule has 2 aromatic rings. The number of hydrogen-bond acceptors (Lipinski definition) is 3. The second-order valence-corrected chi connectivity index (χ2v) is 4.85. The smallest absolute Gasteiger partial charge is 0.132 e. The molecule has 1 N–H and O–H groups in total. The van der Waals surface area contributed by atoms with Gasteiger partial charge in [0.25, 0.3) is 0 Å². The van der Waals surface area contributed by atoms with Crippen molar-refractivity contribution in [3.8, 4) is 11.1 Å². The van der Waals surface area contributed by atoms with Crippen molar-refractivity contribution in [1.29, 1.82) is 0 Å². The molecular formula is C15H16FN3. The average molecular weight is 257 g/mol. The van der Waals surface area contributed by atoms with Crippen LogP contribution in [0.5, 0.6) is 0 Å². The molecule has 1 saturated heterocycles. The molecule has 0 radical (unpaired) electrons. The normalized spacial score (nSPS) is 19.3. The van der Waals surface area contributed by atoms with E-state index in [1.165, 1.54) is 6.07 Å². The highest BCUT2D eigenvalue weighted by molar-refractivity contribution is 5.61. The van der Waals surface area contributed by atoms with Gasteiger partial charge in [0.2, 0.25) is 0 Å². The van der Waals surface area contributed by atoms with Crippen molar-refractivity contribution in [2.24, 2.45) is 0 Å². The predicted octanol–water partition coefficient (Wildman–Crippen LogP) is 2.75. The number of hydrogen-bond donors (Lipinski definition) is 1. The molecule has 0 aliphatic carbocycles. The van der Waals surface area contributed by atoms with Gasteiger partial charge >= 0.3 is 0 Å². The fourth-order valence-corrected chi connectivity index (χ4v) is 2.46. The maximum Gasteiger partial charge on any atom is 0.132 e. The zero-order valence-corrected chi connectivity index (χ0v) is 10.6. The maximum absolute atomic E-state index is 13.7. The second-order valence-electron chi connectivity index (χ2n) is 4.85. The first-order chi connectivity index (χ1) is 9.34. The molecule has 0 spiro atoms.